The second-order valence-electron chi connectivity index (χ2n) is 4.11. The van der Waals surface area contributed by atoms with Crippen molar-refractivity contribution in [1.29, 1.82) is 0 Å². The van der Waals surface area contributed by atoms with Gasteiger partial charge in [-0.1, -0.05) is 54.5 Å². The number of rotatable bonds is 3. The fraction of sp³-hybridized carbons (Fsp3) is 0.118. The van der Waals surface area contributed by atoms with Gasteiger partial charge in [0, 0.05) is 11.6 Å². The summed E-state index contributed by atoms with van der Waals surface area (Å²) in [6.45, 7) is 0. The van der Waals surface area contributed by atoms with Crippen LogP contribution in [0.1, 0.15) is 11.6 Å². The van der Waals surface area contributed by atoms with Gasteiger partial charge in [0.15, 0.2) is 0 Å². The molecule has 0 spiro atoms. The topological polar surface area (TPSA) is 38.3 Å². The van der Waals surface area contributed by atoms with Crippen molar-refractivity contribution in [2.75, 3.05) is 12.4 Å². The largest absolute Gasteiger partial charge is 0.459 e. The molecule has 2 aromatic rings. The number of para-hydroxylation sites is 1. The van der Waals surface area contributed by atoms with Gasteiger partial charge in [0.05, 0.1) is 7.11 Å². The highest BCUT2D eigenvalue weighted by atomic mass is 16.5. The summed E-state index contributed by atoms with van der Waals surface area (Å²) in [6.07, 6.45) is 0. The lowest BCUT2D eigenvalue weighted by Crippen LogP contribution is -2.09. The van der Waals surface area contributed by atoms with Gasteiger partial charge in [-0.3, -0.25) is 0 Å². The Morgan fingerprint density at radius 2 is 1.65 bits per heavy atom. The van der Waals surface area contributed by atoms with Crippen LogP contribution in [0.25, 0.3) is 0 Å². The van der Waals surface area contributed by atoms with Crippen LogP contribution < -0.4 is 5.32 Å². The molecule has 0 radical (unpaired) electrons. The molecule has 20 heavy (non-hydrogen) atoms. The number of carbonyl (C=O) groups is 1. The van der Waals surface area contributed by atoms with Crippen LogP contribution in [0.4, 0.5) is 5.69 Å². The van der Waals surface area contributed by atoms with Crippen molar-refractivity contribution in [3.8, 4) is 11.8 Å². The van der Waals surface area contributed by atoms with Gasteiger partial charge in [-0.05, 0) is 17.7 Å². The van der Waals surface area contributed by atoms with Crippen molar-refractivity contribution in [2.24, 2.45) is 0 Å². The van der Waals surface area contributed by atoms with Gasteiger partial charge in [0.25, 0.3) is 0 Å². The van der Waals surface area contributed by atoms with Crippen LogP contribution in [-0.4, -0.2) is 13.1 Å². The number of methoxy groups -OCH3 is 1. The Morgan fingerprint density at radius 3 is 2.25 bits per heavy atom. The number of ether oxygens (including phenoxy) is 1. The fourth-order valence-electron chi connectivity index (χ4n) is 1.73. The highest BCUT2D eigenvalue weighted by Crippen LogP contribution is 2.18. The third-order valence-corrected chi connectivity index (χ3v) is 2.72. The Kier molecular flexibility index (Phi) is 4.80. The van der Waals surface area contributed by atoms with E-state index in [0.29, 0.717) is 0 Å². The number of hydrogen-bond donors (Lipinski definition) is 1. The lowest BCUT2D eigenvalue weighted by Gasteiger charge is -2.14. The zero-order chi connectivity index (χ0) is 14.2. The summed E-state index contributed by atoms with van der Waals surface area (Å²) in [5, 5.41) is 3.29. The molecule has 1 atom stereocenters. The summed E-state index contributed by atoms with van der Waals surface area (Å²) in [6, 6.07) is 19.2. The zero-order valence-electron chi connectivity index (χ0n) is 11.2. The van der Waals surface area contributed by atoms with Crippen LogP contribution in [0.3, 0.4) is 0 Å². The van der Waals surface area contributed by atoms with E-state index in [4.69, 9.17) is 0 Å². The molecule has 0 fully saturated rings. The maximum Gasteiger partial charge on any atom is 0.384 e. The van der Waals surface area contributed by atoms with E-state index in [-0.39, 0.29) is 6.04 Å². The predicted octanol–water partition coefficient (Wildman–Crippen LogP) is 3.02. The predicted molar refractivity (Wildman–Crippen MR) is 79.0 cm³/mol. The fourth-order valence-corrected chi connectivity index (χ4v) is 1.73. The van der Waals surface area contributed by atoms with Crippen molar-refractivity contribution >= 4 is 11.7 Å². The van der Waals surface area contributed by atoms with Crippen LogP contribution in [0.15, 0.2) is 60.7 Å². The number of carbonyl (C=O) groups excluding carboxylic acids is 1. The highest BCUT2D eigenvalue weighted by molar-refractivity contribution is 5.88. The quantitative estimate of drug-likeness (QED) is 0.526. The zero-order valence-corrected chi connectivity index (χ0v) is 11.2. The molecular weight excluding hydrogens is 250 g/mol. The van der Waals surface area contributed by atoms with Gasteiger partial charge >= 0.3 is 5.97 Å². The minimum Gasteiger partial charge on any atom is -0.459 e. The smallest absolute Gasteiger partial charge is 0.384 e. The van der Waals surface area contributed by atoms with Crippen molar-refractivity contribution in [3.05, 3.63) is 66.2 Å². The van der Waals surface area contributed by atoms with Gasteiger partial charge in [-0.2, -0.15) is 0 Å². The molecule has 0 saturated carbocycles. The van der Waals surface area contributed by atoms with Crippen LogP contribution in [-0.2, 0) is 9.53 Å². The molecule has 3 nitrogen and oxygen atoms in total. The van der Waals surface area contributed by atoms with E-state index in [0.717, 1.165) is 11.3 Å². The number of anilines is 1. The van der Waals surface area contributed by atoms with Crippen LogP contribution >= 0.6 is 0 Å². The summed E-state index contributed by atoms with van der Waals surface area (Å²) in [5.41, 5.74) is 1.94. The Bertz CT molecular complexity index is 612. The number of hydrogen-bond acceptors (Lipinski definition) is 3. The Balaban J connectivity index is 2.24. The average molecular weight is 265 g/mol. The Morgan fingerprint density at radius 1 is 1.05 bits per heavy atom. The number of nitrogens with one attached hydrogen (secondary N) is 1. The van der Waals surface area contributed by atoms with Gasteiger partial charge in [0.2, 0.25) is 0 Å². The second-order valence-corrected chi connectivity index (χ2v) is 4.11. The van der Waals surface area contributed by atoms with Gasteiger partial charge in [-0.25, -0.2) is 4.79 Å². The molecule has 0 aliphatic rings. The van der Waals surface area contributed by atoms with E-state index in [9.17, 15) is 4.79 Å². The molecule has 100 valence electrons. The first-order chi connectivity index (χ1) is 9.79. The molecule has 0 saturated heterocycles. The molecule has 2 aromatic carbocycles. The summed E-state index contributed by atoms with van der Waals surface area (Å²) in [7, 11) is 1.32. The molecule has 0 amide bonds. The Hall–Kier alpha value is -2.73. The first-order valence-corrected chi connectivity index (χ1v) is 6.25. The van der Waals surface area contributed by atoms with Crippen molar-refractivity contribution in [3.63, 3.8) is 0 Å². The summed E-state index contributed by atoms with van der Waals surface area (Å²) in [4.78, 5) is 11.2. The number of benzene rings is 2. The van der Waals surface area contributed by atoms with E-state index in [1.807, 2.05) is 60.7 Å². The van der Waals surface area contributed by atoms with Gasteiger partial charge < -0.3 is 10.1 Å². The molecule has 1 N–H and O–H groups in total. The summed E-state index contributed by atoms with van der Waals surface area (Å²) < 4.78 is 4.55. The standard InChI is InChI=1S/C17H15NO2/c1-20-17(19)13-12-16(14-8-4-2-5-9-14)18-15-10-6-3-7-11-15/h2-11,16,18H,1H3/t16-/m1/s1. The average Bonchev–Trinajstić information content (AvgIpc) is 2.53. The first kappa shape index (κ1) is 13.7. The van der Waals surface area contributed by atoms with E-state index in [1.54, 1.807) is 0 Å². The number of esters is 1. The third-order valence-electron chi connectivity index (χ3n) is 2.72. The SMILES string of the molecule is COC(=O)C#C[C@@H](Nc1ccccc1)c1ccccc1. The van der Waals surface area contributed by atoms with Crippen LogP contribution in [0.2, 0.25) is 0 Å². The molecule has 2 rings (SSSR count). The lowest BCUT2D eigenvalue weighted by atomic mass is 10.1. The molecule has 0 heterocycles. The van der Waals surface area contributed by atoms with E-state index in [1.165, 1.54) is 7.11 Å². The van der Waals surface area contributed by atoms with Crippen LogP contribution in [0.5, 0.6) is 0 Å². The minimum atomic E-state index is -0.541. The van der Waals surface area contributed by atoms with Crippen molar-refractivity contribution in [1.82, 2.24) is 0 Å². The molecular formula is C17H15NO2. The summed E-state index contributed by atoms with van der Waals surface area (Å²) >= 11 is 0. The minimum absolute atomic E-state index is 0.266. The van der Waals surface area contributed by atoms with Crippen molar-refractivity contribution in [2.45, 2.75) is 6.04 Å². The monoisotopic (exact) mass is 265 g/mol. The third kappa shape index (κ3) is 3.89. The molecule has 0 aliphatic heterocycles. The molecule has 3 heteroatoms. The molecule has 0 bridgehead atoms. The van der Waals surface area contributed by atoms with Crippen molar-refractivity contribution < 1.29 is 9.53 Å². The van der Waals surface area contributed by atoms with E-state index < -0.39 is 5.97 Å². The first-order valence-electron chi connectivity index (χ1n) is 6.25. The normalized spacial score (nSPS) is 10.8. The summed E-state index contributed by atoms with van der Waals surface area (Å²) in [5.74, 6) is 4.84. The Labute approximate surface area is 118 Å². The van der Waals surface area contributed by atoms with Crippen LogP contribution in [0, 0.1) is 11.8 Å². The van der Waals surface area contributed by atoms with E-state index >= 15 is 0 Å². The highest BCUT2D eigenvalue weighted by Gasteiger charge is 2.08. The van der Waals surface area contributed by atoms with Gasteiger partial charge in [-0.15, -0.1) is 0 Å². The molecule has 0 unspecified atom stereocenters. The van der Waals surface area contributed by atoms with Gasteiger partial charge in [0.1, 0.15) is 6.04 Å². The molecule has 0 aliphatic carbocycles. The van der Waals surface area contributed by atoms with E-state index in [2.05, 4.69) is 21.9 Å². The lowest BCUT2D eigenvalue weighted by molar-refractivity contribution is -0.133. The maximum absolute atomic E-state index is 11.2. The maximum atomic E-state index is 11.2. The second kappa shape index (κ2) is 7.01. The molecule has 0 aromatic heterocycles.